The lowest BCUT2D eigenvalue weighted by molar-refractivity contribution is -0.124. The number of hydrogen-bond donors (Lipinski definition) is 1. The van der Waals surface area contributed by atoms with Crippen LogP contribution in [0, 0.1) is 5.82 Å². The zero-order valence-corrected chi connectivity index (χ0v) is 15.6. The van der Waals surface area contributed by atoms with Crippen LogP contribution in [0.1, 0.15) is 24.8 Å². The molecule has 1 N–H and O–H groups in total. The van der Waals surface area contributed by atoms with E-state index in [4.69, 9.17) is 0 Å². The van der Waals surface area contributed by atoms with Gasteiger partial charge >= 0.3 is 0 Å². The van der Waals surface area contributed by atoms with E-state index in [9.17, 15) is 14.0 Å². The number of amides is 2. The molecule has 6 heteroatoms. The molecule has 136 valence electrons. The van der Waals surface area contributed by atoms with E-state index in [1.165, 1.54) is 17.0 Å². The summed E-state index contributed by atoms with van der Waals surface area (Å²) in [6, 6.07) is 13.5. The van der Waals surface area contributed by atoms with Gasteiger partial charge in [0.15, 0.2) is 0 Å². The molecule has 1 aliphatic carbocycles. The van der Waals surface area contributed by atoms with Crippen molar-refractivity contribution >= 4 is 28.6 Å². The SMILES string of the molecule is CN(C)C(=O)Sc1cccc(NC(=O)C2(c3cccc(F)c3)CCC2)c1. The third-order valence-electron chi connectivity index (χ3n) is 4.68. The molecule has 26 heavy (non-hydrogen) atoms. The van der Waals surface area contributed by atoms with E-state index < -0.39 is 5.41 Å². The molecule has 0 radical (unpaired) electrons. The number of carbonyl (C=O) groups is 2. The summed E-state index contributed by atoms with van der Waals surface area (Å²) in [5.41, 5.74) is 0.675. The van der Waals surface area contributed by atoms with Gasteiger partial charge in [-0.1, -0.05) is 24.6 Å². The highest BCUT2D eigenvalue weighted by atomic mass is 32.2. The number of thioether (sulfide) groups is 1. The van der Waals surface area contributed by atoms with Crippen LogP contribution >= 0.6 is 11.8 Å². The molecule has 0 aliphatic heterocycles. The number of nitrogens with zero attached hydrogens (tertiary/aromatic N) is 1. The van der Waals surface area contributed by atoms with Crippen LogP contribution in [0.25, 0.3) is 0 Å². The Morgan fingerprint density at radius 3 is 2.46 bits per heavy atom. The van der Waals surface area contributed by atoms with E-state index in [1.54, 1.807) is 38.4 Å². The fraction of sp³-hybridized carbons (Fsp3) is 0.300. The highest BCUT2D eigenvalue weighted by Crippen LogP contribution is 2.44. The minimum absolute atomic E-state index is 0.0799. The van der Waals surface area contributed by atoms with E-state index >= 15 is 0 Å². The predicted octanol–water partition coefficient (Wildman–Crippen LogP) is 4.66. The molecule has 0 aromatic heterocycles. The number of carbonyl (C=O) groups excluding carboxylic acids is 2. The minimum Gasteiger partial charge on any atom is -0.339 e. The smallest absolute Gasteiger partial charge is 0.285 e. The fourth-order valence-electron chi connectivity index (χ4n) is 3.04. The Bertz CT molecular complexity index is 834. The highest BCUT2D eigenvalue weighted by Gasteiger charge is 2.45. The second-order valence-electron chi connectivity index (χ2n) is 6.69. The number of benzene rings is 2. The largest absolute Gasteiger partial charge is 0.339 e. The van der Waals surface area contributed by atoms with E-state index in [0.717, 1.165) is 28.6 Å². The van der Waals surface area contributed by atoms with Crippen LogP contribution in [0.3, 0.4) is 0 Å². The standard InChI is InChI=1S/C20H21FN2O2S/c1-23(2)19(25)26-17-9-4-8-16(13-17)22-18(24)20(10-5-11-20)14-6-3-7-15(21)12-14/h3-4,6-9,12-13H,5,10-11H2,1-2H3,(H,22,24). The summed E-state index contributed by atoms with van der Waals surface area (Å²) in [5, 5.41) is 2.87. The first-order chi connectivity index (χ1) is 12.4. The summed E-state index contributed by atoms with van der Waals surface area (Å²) in [6.07, 6.45) is 2.35. The van der Waals surface area contributed by atoms with Crippen molar-refractivity contribution in [2.75, 3.05) is 19.4 Å². The molecule has 0 atom stereocenters. The van der Waals surface area contributed by atoms with Crippen molar-refractivity contribution in [3.05, 3.63) is 59.9 Å². The van der Waals surface area contributed by atoms with Gasteiger partial charge in [-0.05, 0) is 60.5 Å². The van der Waals surface area contributed by atoms with Crippen LogP contribution in [0.4, 0.5) is 14.9 Å². The number of anilines is 1. The zero-order valence-electron chi connectivity index (χ0n) is 14.8. The van der Waals surface area contributed by atoms with Crippen molar-refractivity contribution in [3.63, 3.8) is 0 Å². The van der Waals surface area contributed by atoms with Crippen LogP contribution < -0.4 is 5.32 Å². The molecule has 2 aromatic carbocycles. The third kappa shape index (κ3) is 3.75. The van der Waals surface area contributed by atoms with Gasteiger partial charge in [-0.2, -0.15) is 0 Å². The van der Waals surface area contributed by atoms with E-state index in [-0.39, 0.29) is 17.0 Å². The highest BCUT2D eigenvalue weighted by molar-refractivity contribution is 8.13. The van der Waals surface area contributed by atoms with Crippen molar-refractivity contribution in [3.8, 4) is 0 Å². The first kappa shape index (κ1) is 18.5. The molecule has 0 saturated heterocycles. The van der Waals surface area contributed by atoms with E-state index in [0.29, 0.717) is 18.5 Å². The minimum atomic E-state index is -0.676. The van der Waals surface area contributed by atoms with Gasteiger partial charge in [0, 0.05) is 24.7 Å². The molecule has 1 aliphatic rings. The Kier molecular flexibility index (Phi) is 5.32. The summed E-state index contributed by atoms with van der Waals surface area (Å²) >= 11 is 1.10. The Balaban J connectivity index is 1.78. The number of nitrogens with one attached hydrogen (secondary N) is 1. The second kappa shape index (κ2) is 7.50. The Morgan fingerprint density at radius 1 is 1.12 bits per heavy atom. The Morgan fingerprint density at radius 2 is 1.85 bits per heavy atom. The summed E-state index contributed by atoms with van der Waals surface area (Å²) in [6.45, 7) is 0. The summed E-state index contributed by atoms with van der Waals surface area (Å²) in [7, 11) is 3.39. The molecule has 0 spiro atoms. The predicted molar refractivity (Wildman–Crippen MR) is 102 cm³/mol. The number of rotatable bonds is 4. The maximum atomic E-state index is 13.6. The first-order valence-corrected chi connectivity index (χ1v) is 9.29. The van der Waals surface area contributed by atoms with Crippen LogP contribution in [0.2, 0.25) is 0 Å². The normalized spacial score (nSPS) is 15.0. The van der Waals surface area contributed by atoms with Crippen LogP contribution in [-0.2, 0) is 10.2 Å². The lowest BCUT2D eigenvalue weighted by Gasteiger charge is -2.40. The van der Waals surface area contributed by atoms with Gasteiger partial charge in [-0.25, -0.2) is 4.39 Å². The average Bonchev–Trinajstić information content (AvgIpc) is 2.54. The van der Waals surface area contributed by atoms with Crippen molar-refractivity contribution in [2.45, 2.75) is 29.6 Å². The average molecular weight is 372 g/mol. The zero-order chi connectivity index (χ0) is 18.7. The third-order valence-corrected chi connectivity index (χ3v) is 5.71. The molecular weight excluding hydrogens is 351 g/mol. The molecule has 0 bridgehead atoms. The molecular formula is C20H21FN2O2S. The van der Waals surface area contributed by atoms with Crippen molar-refractivity contribution < 1.29 is 14.0 Å². The molecule has 0 unspecified atom stereocenters. The van der Waals surface area contributed by atoms with Crippen molar-refractivity contribution in [2.24, 2.45) is 0 Å². The monoisotopic (exact) mass is 372 g/mol. The van der Waals surface area contributed by atoms with Gasteiger partial charge in [0.05, 0.1) is 5.41 Å². The van der Waals surface area contributed by atoms with Crippen LogP contribution in [-0.4, -0.2) is 30.1 Å². The van der Waals surface area contributed by atoms with Gasteiger partial charge in [0.25, 0.3) is 5.24 Å². The number of hydrogen-bond acceptors (Lipinski definition) is 3. The topological polar surface area (TPSA) is 49.4 Å². The lowest BCUT2D eigenvalue weighted by Crippen LogP contribution is -2.46. The first-order valence-electron chi connectivity index (χ1n) is 8.47. The molecule has 1 saturated carbocycles. The lowest BCUT2D eigenvalue weighted by atomic mass is 9.63. The quantitative estimate of drug-likeness (QED) is 0.794. The van der Waals surface area contributed by atoms with Gasteiger partial charge in [0.2, 0.25) is 5.91 Å². The molecule has 0 heterocycles. The maximum Gasteiger partial charge on any atom is 0.285 e. The molecule has 2 aromatic rings. The molecule has 1 fully saturated rings. The fourth-order valence-corrected chi connectivity index (χ4v) is 3.76. The van der Waals surface area contributed by atoms with E-state index in [1.807, 2.05) is 12.1 Å². The van der Waals surface area contributed by atoms with E-state index in [2.05, 4.69) is 5.32 Å². The van der Waals surface area contributed by atoms with Crippen LogP contribution in [0.15, 0.2) is 53.4 Å². The summed E-state index contributed by atoms with van der Waals surface area (Å²) in [5.74, 6) is -0.461. The van der Waals surface area contributed by atoms with Crippen molar-refractivity contribution in [1.82, 2.24) is 4.90 Å². The van der Waals surface area contributed by atoms with Crippen molar-refractivity contribution in [1.29, 1.82) is 0 Å². The second-order valence-corrected chi connectivity index (χ2v) is 7.72. The Labute approximate surface area is 156 Å². The summed E-state index contributed by atoms with van der Waals surface area (Å²) in [4.78, 5) is 27.1. The molecule has 2 amide bonds. The molecule has 4 nitrogen and oxygen atoms in total. The van der Waals surface area contributed by atoms with Gasteiger partial charge in [-0.3, -0.25) is 9.59 Å². The number of halogens is 1. The van der Waals surface area contributed by atoms with Gasteiger partial charge in [-0.15, -0.1) is 0 Å². The molecule has 3 rings (SSSR count). The summed E-state index contributed by atoms with van der Waals surface area (Å²) < 4.78 is 13.6. The van der Waals surface area contributed by atoms with Crippen LogP contribution in [0.5, 0.6) is 0 Å². The van der Waals surface area contributed by atoms with Gasteiger partial charge < -0.3 is 10.2 Å². The van der Waals surface area contributed by atoms with Gasteiger partial charge in [0.1, 0.15) is 5.82 Å². The maximum absolute atomic E-state index is 13.6. The Hall–Kier alpha value is -2.34.